The van der Waals surface area contributed by atoms with Crippen molar-refractivity contribution in [1.29, 1.82) is 5.26 Å². The number of nitrogens with two attached hydrogens (primary N) is 1. The maximum absolute atomic E-state index is 8.88. The summed E-state index contributed by atoms with van der Waals surface area (Å²) in [7, 11) is 0. The highest BCUT2D eigenvalue weighted by Gasteiger charge is 2.06. The molecular formula is C15H14N2O. The molecule has 90 valence electrons. The summed E-state index contributed by atoms with van der Waals surface area (Å²) in [5.74, 6) is 1.27. The lowest BCUT2D eigenvalue weighted by molar-refractivity contribution is 0.481. The molecule has 2 aromatic carbocycles. The maximum Gasteiger partial charge on any atom is 0.150 e. The SMILES string of the molecule is Cc1ccc(Oc2cc(C#N)ccc2C)c(N)c1. The van der Waals surface area contributed by atoms with E-state index in [1.807, 2.05) is 38.1 Å². The first-order valence-electron chi connectivity index (χ1n) is 5.65. The molecule has 0 aliphatic rings. The van der Waals surface area contributed by atoms with Crippen molar-refractivity contribution in [2.24, 2.45) is 0 Å². The number of ether oxygens (including phenoxy) is 1. The molecule has 2 N–H and O–H groups in total. The van der Waals surface area contributed by atoms with Crippen molar-refractivity contribution in [2.75, 3.05) is 5.73 Å². The van der Waals surface area contributed by atoms with E-state index in [-0.39, 0.29) is 0 Å². The molecule has 0 aliphatic heterocycles. The molecule has 2 aromatic rings. The zero-order valence-electron chi connectivity index (χ0n) is 10.4. The smallest absolute Gasteiger partial charge is 0.150 e. The van der Waals surface area contributed by atoms with Crippen LogP contribution in [0, 0.1) is 25.2 Å². The lowest BCUT2D eigenvalue weighted by atomic mass is 10.1. The lowest BCUT2D eigenvalue weighted by Crippen LogP contribution is -1.94. The number of nitrogens with zero attached hydrogens (tertiary/aromatic N) is 1. The van der Waals surface area contributed by atoms with E-state index in [1.165, 1.54) is 0 Å². The summed E-state index contributed by atoms with van der Waals surface area (Å²) in [5.41, 5.74) is 9.12. The quantitative estimate of drug-likeness (QED) is 0.814. The zero-order valence-corrected chi connectivity index (χ0v) is 10.4. The van der Waals surface area contributed by atoms with Crippen LogP contribution in [-0.4, -0.2) is 0 Å². The van der Waals surface area contributed by atoms with Gasteiger partial charge in [0, 0.05) is 0 Å². The molecule has 0 heterocycles. The van der Waals surface area contributed by atoms with Crippen LogP contribution in [0.3, 0.4) is 0 Å². The maximum atomic E-state index is 8.88. The Hall–Kier alpha value is -2.47. The molecule has 0 saturated carbocycles. The number of rotatable bonds is 2. The minimum atomic E-state index is 0.571. The number of anilines is 1. The van der Waals surface area contributed by atoms with Gasteiger partial charge in [-0.2, -0.15) is 5.26 Å². The highest BCUT2D eigenvalue weighted by molar-refractivity contribution is 5.56. The summed E-state index contributed by atoms with van der Waals surface area (Å²) in [6, 6.07) is 13.1. The van der Waals surface area contributed by atoms with Gasteiger partial charge in [0.25, 0.3) is 0 Å². The van der Waals surface area contributed by atoms with Crippen molar-refractivity contribution in [2.45, 2.75) is 13.8 Å². The summed E-state index contributed by atoms with van der Waals surface area (Å²) in [6.07, 6.45) is 0. The summed E-state index contributed by atoms with van der Waals surface area (Å²) in [5, 5.41) is 8.88. The molecule has 0 saturated heterocycles. The lowest BCUT2D eigenvalue weighted by Gasteiger charge is -2.11. The Morgan fingerprint density at radius 1 is 1.06 bits per heavy atom. The van der Waals surface area contributed by atoms with Crippen LogP contribution < -0.4 is 10.5 Å². The third-order valence-electron chi connectivity index (χ3n) is 2.70. The Morgan fingerprint density at radius 3 is 2.50 bits per heavy atom. The summed E-state index contributed by atoms with van der Waals surface area (Å²) in [6.45, 7) is 3.91. The molecule has 0 fully saturated rings. The van der Waals surface area contributed by atoms with E-state index in [9.17, 15) is 0 Å². The molecule has 3 heteroatoms. The molecule has 0 atom stereocenters. The molecule has 18 heavy (non-hydrogen) atoms. The van der Waals surface area contributed by atoms with Crippen LogP contribution in [0.1, 0.15) is 16.7 Å². The van der Waals surface area contributed by atoms with E-state index in [0.29, 0.717) is 22.7 Å². The van der Waals surface area contributed by atoms with Gasteiger partial charge in [-0.3, -0.25) is 0 Å². The topological polar surface area (TPSA) is 59.0 Å². The average molecular weight is 238 g/mol. The average Bonchev–Trinajstić information content (AvgIpc) is 2.35. The number of hydrogen-bond acceptors (Lipinski definition) is 3. The van der Waals surface area contributed by atoms with Crippen molar-refractivity contribution >= 4 is 5.69 Å². The van der Waals surface area contributed by atoms with Crippen LogP contribution in [0.5, 0.6) is 11.5 Å². The van der Waals surface area contributed by atoms with E-state index in [1.54, 1.807) is 12.1 Å². The number of aryl methyl sites for hydroxylation is 2. The van der Waals surface area contributed by atoms with Gasteiger partial charge >= 0.3 is 0 Å². The van der Waals surface area contributed by atoms with Crippen LogP contribution in [0.2, 0.25) is 0 Å². The van der Waals surface area contributed by atoms with Gasteiger partial charge in [0.2, 0.25) is 0 Å². The van der Waals surface area contributed by atoms with E-state index >= 15 is 0 Å². The number of nitriles is 1. The Balaban J connectivity index is 2.37. The predicted octanol–water partition coefficient (Wildman–Crippen LogP) is 3.55. The Bertz CT molecular complexity index is 627. The van der Waals surface area contributed by atoms with Gasteiger partial charge in [0.15, 0.2) is 0 Å². The van der Waals surface area contributed by atoms with Crippen molar-refractivity contribution in [1.82, 2.24) is 0 Å². The fourth-order valence-electron chi connectivity index (χ4n) is 1.66. The van der Waals surface area contributed by atoms with Gasteiger partial charge in [0.1, 0.15) is 11.5 Å². The van der Waals surface area contributed by atoms with Crippen LogP contribution in [0.15, 0.2) is 36.4 Å². The molecule has 0 aromatic heterocycles. The fourth-order valence-corrected chi connectivity index (χ4v) is 1.66. The predicted molar refractivity (Wildman–Crippen MR) is 71.6 cm³/mol. The van der Waals surface area contributed by atoms with Crippen LogP contribution >= 0.6 is 0 Å². The van der Waals surface area contributed by atoms with E-state index in [4.69, 9.17) is 15.7 Å². The molecule has 0 radical (unpaired) electrons. The second-order valence-electron chi connectivity index (χ2n) is 4.24. The zero-order chi connectivity index (χ0) is 13.1. The first kappa shape index (κ1) is 12.0. The normalized spacial score (nSPS) is 9.83. The van der Waals surface area contributed by atoms with Gasteiger partial charge < -0.3 is 10.5 Å². The number of benzene rings is 2. The second kappa shape index (κ2) is 4.80. The minimum Gasteiger partial charge on any atom is -0.455 e. The minimum absolute atomic E-state index is 0.571. The van der Waals surface area contributed by atoms with Gasteiger partial charge in [-0.05, 0) is 49.2 Å². The monoisotopic (exact) mass is 238 g/mol. The van der Waals surface area contributed by atoms with Crippen LogP contribution in [0.25, 0.3) is 0 Å². The third kappa shape index (κ3) is 2.44. The Labute approximate surface area is 106 Å². The van der Waals surface area contributed by atoms with Gasteiger partial charge in [-0.1, -0.05) is 12.1 Å². The summed E-state index contributed by atoms with van der Waals surface area (Å²) < 4.78 is 5.76. The molecular weight excluding hydrogens is 224 g/mol. The van der Waals surface area contributed by atoms with Crippen LogP contribution in [-0.2, 0) is 0 Å². The van der Waals surface area contributed by atoms with Gasteiger partial charge in [-0.25, -0.2) is 0 Å². The Morgan fingerprint density at radius 2 is 1.83 bits per heavy atom. The van der Waals surface area contributed by atoms with Gasteiger partial charge in [-0.15, -0.1) is 0 Å². The molecule has 3 nitrogen and oxygen atoms in total. The highest BCUT2D eigenvalue weighted by atomic mass is 16.5. The first-order valence-corrected chi connectivity index (χ1v) is 5.65. The molecule has 0 spiro atoms. The van der Waals surface area contributed by atoms with Crippen molar-refractivity contribution in [3.05, 3.63) is 53.1 Å². The van der Waals surface area contributed by atoms with Crippen molar-refractivity contribution < 1.29 is 4.74 Å². The number of nitrogen functional groups attached to an aromatic ring is 1. The summed E-state index contributed by atoms with van der Waals surface area (Å²) >= 11 is 0. The van der Waals surface area contributed by atoms with Crippen molar-refractivity contribution in [3.8, 4) is 17.6 Å². The second-order valence-corrected chi connectivity index (χ2v) is 4.24. The standard InChI is InChI=1S/C15H14N2O/c1-10-3-6-14(13(17)7-10)18-15-8-12(9-16)5-4-11(15)2/h3-8H,17H2,1-2H3. The first-order chi connectivity index (χ1) is 8.60. The van der Waals surface area contributed by atoms with E-state index in [2.05, 4.69) is 6.07 Å². The largest absolute Gasteiger partial charge is 0.455 e. The number of hydrogen-bond donors (Lipinski definition) is 1. The van der Waals surface area contributed by atoms with Crippen LogP contribution in [0.4, 0.5) is 5.69 Å². The molecule has 0 bridgehead atoms. The molecule has 0 aliphatic carbocycles. The highest BCUT2D eigenvalue weighted by Crippen LogP contribution is 2.30. The van der Waals surface area contributed by atoms with E-state index < -0.39 is 0 Å². The molecule has 0 amide bonds. The molecule has 0 unspecified atom stereocenters. The van der Waals surface area contributed by atoms with Gasteiger partial charge in [0.05, 0.1) is 17.3 Å². The van der Waals surface area contributed by atoms with Crippen molar-refractivity contribution in [3.63, 3.8) is 0 Å². The third-order valence-corrected chi connectivity index (χ3v) is 2.70. The van der Waals surface area contributed by atoms with E-state index in [0.717, 1.165) is 11.1 Å². The Kier molecular flexibility index (Phi) is 3.20. The molecule has 2 rings (SSSR count). The fraction of sp³-hybridized carbons (Fsp3) is 0.133. The summed E-state index contributed by atoms with van der Waals surface area (Å²) in [4.78, 5) is 0.